The Morgan fingerprint density at radius 2 is 2.24 bits per heavy atom. The number of thioether (sulfide) groups is 1. The van der Waals surface area contributed by atoms with Gasteiger partial charge in [-0.25, -0.2) is 20.0 Å². The van der Waals surface area contributed by atoms with Crippen LogP contribution in [0.1, 0.15) is 6.42 Å². The Labute approximate surface area is 103 Å². The van der Waals surface area contributed by atoms with E-state index in [4.69, 9.17) is 5.73 Å². The molecule has 3 fully saturated rings. The van der Waals surface area contributed by atoms with Gasteiger partial charge in [0.25, 0.3) is 0 Å². The molecule has 2 unspecified atom stereocenters. The maximum atomic E-state index is 12.0. The molecule has 2 atom stereocenters. The summed E-state index contributed by atoms with van der Waals surface area (Å²) in [6, 6.07) is -0.843. The minimum Gasteiger partial charge on any atom is -0.350 e. The highest BCUT2D eigenvalue weighted by atomic mass is 32.2. The average molecular weight is 257 g/mol. The Balaban J connectivity index is 1.65. The van der Waals surface area contributed by atoms with Gasteiger partial charge in [-0.1, -0.05) is 0 Å². The van der Waals surface area contributed by atoms with Crippen LogP contribution in [-0.2, 0) is 0 Å². The van der Waals surface area contributed by atoms with E-state index in [1.165, 1.54) is 11.4 Å². The van der Waals surface area contributed by atoms with Gasteiger partial charge in [0.15, 0.2) is 0 Å². The van der Waals surface area contributed by atoms with Crippen molar-refractivity contribution >= 4 is 23.8 Å². The Morgan fingerprint density at radius 3 is 2.82 bits per heavy atom. The highest BCUT2D eigenvalue weighted by Gasteiger charge is 2.46. The molecule has 3 aliphatic rings. The van der Waals surface area contributed by atoms with Crippen LogP contribution in [0.4, 0.5) is 9.59 Å². The number of hydrogen-bond acceptors (Lipinski definition) is 4. The molecule has 17 heavy (non-hydrogen) atoms. The number of fused-ring (bicyclic) bond motifs is 1. The number of hydrazine groups is 1. The van der Waals surface area contributed by atoms with Crippen LogP contribution >= 0.6 is 11.8 Å². The number of hydrogen-bond donors (Lipinski definition) is 2. The molecule has 0 aromatic heterocycles. The topological polar surface area (TPSA) is 81.9 Å². The fourth-order valence-electron chi connectivity index (χ4n) is 2.53. The van der Waals surface area contributed by atoms with E-state index in [9.17, 15) is 9.59 Å². The minimum absolute atomic E-state index is 0.151. The van der Waals surface area contributed by atoms with Crippen LogP contribution < -0.4 is 11.2 Å². The minimum atomic E-state index is -0.692. The fraction of sp³-hybridized carbons (Fsp3) is 0.778. The third kappa shape index (κ3) is 1.71. The van der Waals surface area contributed by atoms with E-state index in [1.54, 1.807) is 0 Å². The average Bonchev–Trinajstić information content (AvgIpc) is 2.69. The van der Waals surface area contributed by atoms with Crippen molar-refractivity contribution in [2.45, 2.75) is 18.0 Å². The van der Waals surface area contributed by atoms with Gasteiger partial charge in [-0.2, -0.15) is 0 Å². The van der Waals surface area contributed by atoms with Gasteiger partial charge in [-0.05, 0) is 6.42 Å². The molecule has 3 rings (SSSR count). The number of rotatable bonds is 2. The Morgan fingerprint density at radius 1 is 1.41 bits per heavy atom. The second-order valence-electron chi connectivity index (χ2n) is 4.40. The standard InChI is InChI=1S/C9H15N5O2S/c10-8(15)11-14-4-3-13(9(14)16)6-5-17-7-1-2-12(6)7/h6-7H,1-5H2,(H3,10,11,15). The number of primary amides is 1. The van der Waals surface area contributed by atoms with E-state index in [0.717, 1.165) is 12.3 Å². The van der Waals surface area contributed by atoms with Gasteiger partial charge < -0.3 is 10.6 Å². The Kier molecular flexibility index (Phi) is 2.55. The van der Waals surface area contributed by atoms with Crippen molar-refractivity contribution in [1.29, 1.82) is 0 Å². The van der Waals surface area contributed by atoms with Crippen LogP contribution in [0.15, 0.2) is 0 Å². The van der Waals surface area contributed by atoms with Crippen molar-refractivity contribution in [1.82, 2.24) is 20.2 Å². The Hall–Kier alpha value is -1.15. The van der Waals surface area contributed by atoms with E-state index in [1.807, 2.05) is 16.7 Å². The number of urea groups is 2. The molecule has 0 spiro atoms. The summed E-state index contributed by atoms with van der Waals surface area (Å²) in [6.45, 7) is 2.21. The molecule has 0 radical (unpaired) electrons. The van der Waals surface area contributed by atoms with Crippen LogP contribution in [0.25, 0.3) is 0 Å². The lowest BCUT2D eigenvalue weighted by atomic mass is 10.2. The summed E-state index contributed by atoms with van der Waals surface area (Å²) in [7, 11) is 0. The second-order valence-corrected chi connectivity index (χ2v) is 5.61. The zero-order valence-corrected chi connectivity index (χ0v) is 10.2. The predicted octanol–water partition coefficient (Wildman–Crippen LogP) is -0.588. The summed E-state index contributed by atoms with van der Waals surface area (Å²) in [6.07, 6.45) is 1.40. The monoisotopic (exact) mass is 257 g/mol. The first-order chi connectivity index (χ1) is 8.16. The summed E-state index contributed by atoms with van der Waals surface area (Å²) in [5, 5.41) is 1.88. The van der Waals surface area contributed by atoms with Gasteiger partial charge in [-0.15, -0.1) is 11.8 Å². The molecular formula is C9H15N5O2S. The molecule has 0 bridgehead atoms. The van der Waals surface area contributed by atoms with Crippen LogP contribution in [0.5, 0.6) is 0 Å². The summed E-state index contributed by atoms with van der Waals surface area (Å²) < 4.78 is 0. The van der Waals surface area contributed by atoms with Crippen LogP contribution in [-0.4, -0.2) is 63.8 Å². The lowest BCUT2D eigenvalue weighted by Gasteiger charge is -2.40. The zero-order valence-electron chi connectivity index (χ0n) is 9.33. The van der Waals surface area contributed by atoms with Gasteiger partial charge in [0.2, 0.25) is 0 Å². The van der Waals surface area contributed by atoms with Crippen molar-refractivity contribution in [3.05, 3.63) is 0 Å². The number of amides is 4. The lowest BCUT2D eigenvalue weighted by molar-refractivity contribution is 0.0429. The molecule has 3 saturated heterocycles. The molecule has 7 nitrogen and oxygen atoms in total. The molecule has 3 N–H and O–H groups in total. The molecule has 0 aromatic carbocycles. The van der Waals surface area contributed by atoms with Gasteiger partial charge in [0, 0.05) is 18.8 Å². The second kappa shape index (κ2) is 3.95. The number of nitrogens with zero attached hydrogens (tertiary/aromatic N) is 3. The van der Waals surface area contributed by atoms with E-state index in [-0.39, 0.29) is 12.2 Å². The molecule has 0 aliphatic carbocycles. The van der Waals surface area contributed by atoms with Gasteiger partial charge in [0.1, 0.15) is 0 Å². The zero-order chi connectivity index (χ0) is 12.0. The first-order valence-corrected chi connectivity index (χ1v) is 6.73. The number of nitrogens with one attached hydrogen (secondary N) is 1. The van der Waals surface area contributed by atoms with E-state index in [2.05, 4.69) is 10.3 Å². The summed E-state index contributed by atoms with van der Waals surface area (Å²) in [5.41, 5.74) is 7.36. The van der Waals surface area contributed by atoms with Crippen LogP contribution in [0.2, 0.25) is 0 Å². The smallest absolute Gasteiger partial charge is 0.340 e. The molecule has 4 amide bonds. The van der Waals surface area contributed by atoms with Crippen LogP contribution in [0, 0.1) is 0 Å². The first kappa shape index (κ1) is 11.0. The maximum Gasteiger partial charge on any atom is 0.340 e. The first-order valence-electron chi connectivity index (χ1n) is 5.68. The molecule has 3 heterocycles. The molecule has 0 saturated carbocycles. The number of carbonyl (C=O) groups excluding carboxylic acids is 2. The summed E-state index contributed by atoms with van der Waals surface area (Å²) in [5.74, 6) is 0.959. The Bertz CT molecular complexity index is 365. The van der Waals surface area contributed by atoms with Crippen molar-refractivity contribution < 1.29 is 9.59 Å². The SMILES string of the molecule is NC(=O)NN1CCN(C2CSC3CCN32)C1=O. The van der Waals surface area contributed by atoms with Gasteiger partial charge in [-0.3, -0.25) is 4.90 Å². The normalized spacial score (nSPS) is 32.6. The largest absolute Gasteiger partial charge is 0.350 e. The van der Waals surface area contributed by atoms with Crippen LogP contribution in [0.3, 0.4) is 0 Å². The van der Waals surface area contributed by atoms with E-state index < -0.39 is 6.03 Å². The lowest BCUT2D eigenvalue weighted by Crippen LogP contribution is -2.56. The van der Waals surface area contributed by atoms with Crippen molar-refractivity contribution in [2.75, 3.05) is 25.4 Å². The molecule has 3 aliphatic heterocycles. The molecular weight excluding hydrogens is 242 g/mol. The highest BCUT2D eigenvalue weighted by Crippen LogP contribution is 2.39. The third-order valence-corrected chi connectivity index (χ3v) is 4.85. The summed E-state index contributed by atoms with van der Waals surface area (Å²) in [4.78, 5) is 27.0. The molecule has 94 valence electrons. The van der Waals surface area contributed by atoms with Crippen molar-refractivity contribution in [3.63, 3.8) is 0 Å². The van der Waals surface area contributed by atoms with Gasteiger partial charge >= 0.3 is 12.1 Å². The van der Waals surface area contributed by atoms with Crippen molar-refractivity contribution in [3.8, 4) is 0 Å². The van der Waals surface area contributed by atoms with E-state index in [0.29, 0.717) is 18.5 Å². The molecule has 8 heteroatoms. The molecule has 0 aromatic rings. The third-order valence-electron chi connectivity index (χ3n) is 3.47. The number of carbonyl (C=O) groups is 2. The predicted molar refractivity (Wildman–Crippen MR) is 62.9 cm³/mol. The van der Waals surface area contributed by atoms with E-state index >= 15 is 0 Å². The highest BCUT2D eigenvalue weighted by molar-refractivity contribution is 8.00. The number of nitrogens with two attached hydrogens (primary N) is 1. The van der Waals surface area contributed by atoms with Crippen molar-refractivity contribution in [2.24, 2.45) is 5.73 Å². The summed E-state index contributed by atoms with van der Waals surface area (Å²) >= 11 is 1.91. The fourth-order valence-corrected chi connectivity index (χ4v) is 4.01. The van der Waals surface area contributed by atoms with Gasteiger partial charge in [0.05, 0.1) is 18.1 Å². The quantitative estimate of drug-likeness (QED) is 0.693. The maximum absolute atomic E-state index is 12.0.